The van der Waals surface area contributed by atoms with E-state index in [1.165, 1.54) is 0 Å². The molecule has 0 aromatic heterocycles. The van der Waals surface area contributed by atoms with Gasteiger partial charge >= 0.3 is 0 Å². The molecule has 0 atom stereocenters. The predicted molar refractivity (Wildman–Crippen MR) is 113 cm³/mol. The fourth-order valence-corrected chi connectivity index (χ4v) is 2.70. The molecule has 1 amide bonds. The fourth-order valence-electron chi connectivity index (χ4n) is 2.44. The smallest absolute Gasteiger partial charge is 0.275 e. The summed E-state index contributed by atoms with van der Waals surface area (Å²) in [5.41, 5.74) is 4.82. The third kappa shape index (κ3) is 5.44. The maximum atomic E-state index is 12.5. The number of hydrogen-bond acceptors (Lipinski definition) is 4. The van der Waals surface area contributed by atoms with Crippen molar-refractivity contribution >= 4 is 28.1 Å². The van der Waals surface area contributed by atoms with Crippen LogP contribution in [0.15, 0.2) is 82.4 Å². The maximum absolute atomic E-state index is 12.5. The number of carbonyl (C=O) groups is 1. The first-order valence-corrected chi connectivity index (χ1v) is 9.39. The summed E-state index contributed by atoms with van der Waals surface area (Å²) in [6, 6.07) is 22.3. The Hall–Kier alpha value is -3.12. The third-order valence-corrected chi connectivity index (χ3v) is 4.46. The van der Waals surface area contributed by atoms with Crippen LogP contribution in [0.25, 0.3) is 0 Å². The number of para-hydroxylation sites is 1. The molecular formula is C22H19BrN2O3. The first-order chi connectivity index (χ1) is 13.7. The lowest BCUT2D eigenvalue weighted by Gasteiger charge is -2.10. The summed E-state index contributed by atoms with van der Waals surface area (Å²) in [6.07, 6.45) is 1.57. The molecule has 0 unspecified atom stereocenters. The van der Waals surface area contributed by atoms with Crippen LogP contribution in [0.5, 0.6) is 11.5 Å². The van der Waals surface area contributed by atoms with E-state index in [1.807, 2.05) is 54.6 Å². The van der Waals surface area contributed by atoms with E-state index in [9.17, 15) is 4.79 Å². The highest BCUT2D eigenvalue weighted by Gasteiger charge is 2.11. The summed E-state index contributed by atoms with van der Waals surface area (Å²) >= 11 is 3.41. The van der Waals surface area contributed by atoms with E-state index in [0.717, 1.165) is 21.3 Å². The lowest BCUT2D eigenvalue weighted by atomic mass is 10.2. The minimum Gasteiger partial charge on any atom is -0.497 e. The van der Waals surface area contributed by atoms with Gasteiger partial charge in [0.05, 0.1) is 18.9 Å². The van der Waals surface area contributed by atoms with Crippen molar-refractivity contribution in [2.24, 2.45) is 5.10 Å². The molecule has 0 fully saturated rings. The SMILES string of the molecule is COc1ccc(/C=N/NC(=O)c2ccccc2OCc2ccc(Br)cc2)cc1. The van der Waals surface area contributed by atoms with Crippen LogP contribution < -0.4 is 14.9 Å². The molecule has 0 aliphatic heterocycles. The Morgan fingerprint density at radius 2 is 1.75 bits per heavy atom. The lowest BCUT2D eigenvalue weighted by Crippen LogP contribution is -2.18. The number of hydrazone groups is 1. The van der Waals surface area contributed by atoms with E-state index >= 15 is 0 Å². The van der Waals surface area contributed by atoms with E-state index in [1.54, 1.807) is 31.5 Å². The van der Waals surface area contributed by atoms with Crippen molar-refractivity contribution in [3.8, 4) is 11.5 Å². The number of hydrogen-bond donors (Lipinski definition) is 1. The number of methoxy groups -OCH3 is 1. The number of ether oxygens (including phenoxy) is 2. The molecule has 6 heteroatoms. The molecule has 0 bridgehead atoms. The standard InChI is InChI=1S/C22H19BrN2O3/c1-27-19-12-8-16(9-13-19)14-24-25-22(26)20-4-2-3-5-21(20)28-15-17-6-10-18(23)11-7-17/h2-14H,15H2,1H3,(H,25,26)/b24-14+. The average Bonchev–Trinajstić information content (AvgIpc) is 2.74. The van der Waals surface area contributed by atoms with Gasteiger partial charge in [-0.3, -0.25) is 4.79 Å². The number of halogens is 1. The van der Waals surface area contributed by atoms with Crippen LogP contribution in [0.1, 0.15) is 21.5 Å². The van der Waals surface area contributed by atoms with E-state index in [4.69, 9.17) is 9.47 Å². The fraction of sp³-hybridized carbons (Fsp3) is 0.0909. The summed E-state index contributed by atoms with van der Waals surface area (Å²) < 4.78 is 12.0. The van der Waals surface area contributed by atoms with Crippen LogP contribution in [-0.4, -0.2) is 19.2 Å². The van der Waals surface area contributed by atoms with Crippen molar-refractivity contribution in [2.75, 3.05) is 7.11 Å². The van der Waals surface area contributed by atoms with Crippen LogP contribution in [-0.2, 0) is 6.61 Å². The molecule has 0 heterocycles. The summed E-state index contributed by atoms with van der Waals surface area (Å²) in [5, 5.41) is 4.02. The average molecular weight is 439 g/mol. The Labute approximate surface area is 172 Å². The molecule has 0 radical (unpaired) electrons. The van der Waals surface area contributed by atoms with Gasteiger partial charge in [0.25, 0.3) is 5.91 Å². The summed E-state index contributed by atoms with van der Waals surface area (Å²) in [7, 11) is 1.61. The number of rotatable bonds is 7. The zero-order valence-corrected chi connectivity index (χ0v) is 16.8. The van der Waals surface area contributed by atoms with Crippen molar-refractivity contribution in [1.82, 2.24) is 5.43 Å². The second-order valence-electron chi connectivity index (χ2n) is 5.88. The highest BCUT2D eigenvalue weighted by molar-refractivity contribution is 9.10. The van der Waals surface area contributed by atoms with E-state index in [2.05, 4.69) is 26.5 Å². The van der Waals surface area contributed by atoms with Gasteiger partial charge in [0, 0.05) is 4.47 Å². The maximum Gasteiger partial charge on any atom is 0.275 e. The topological polar surface area (TPSA) is 59.9 Å². The number of carbonyl (C=O) groups excluding carboxylic acids is 1. The van der Waals surface area contributed by atoms with Crippen LogP contribution in [0, 0.1) is 0 Å². The van der Waals surface area contributed by atoms with Gasteiger partial charge in [-0.1, -0.05) is 40.2 Å². The van der Waals surface area contributed by atoms with Crippen molar-refractivity contribution < 1.29 is 14.3 Å². The lowest BCUT2D eigenvalue weighted by molar-refractivity contribution is 0.0950. The molecule has 3 aromatic carbocycles. The van der Waals surface area contributed by atoms with Crippen LogP contribution in [0.2, 0.25) is 0 Å². The van der Waals surface area contributed by atoms with Crippen molar-refractivity contribution in [1.29, 1.82) is 0 Å². The second kappa shape index (κ2) is 9.71. The number of nitrogens with one attached hydrogen (secondary N) is 1. The van der Waals surface area contributed by atoms with Gasteiger partial charge in [-0.25, -0.2) is 5.43 Å². The summed E-state index contributed by atoms with van der Waals surface area (Å²) in [4.78, 5) is 12.5. The molecule has 5 nitrogen and oxygen atoms in total. The molecule has 1 N–H and O–H groups in total. The van der Waals surface area contributed by atoms with Gasteiger partial charge in [0.15, 0.2) is 0 Å². The second-order valence-corrected chi connectivity index (χ2v) is 6.80. The highest BCUT2D eigenvalue weighted by Crippen LogP contribution is 2.20. The molecule has 28 heavy (non-hydrogen) atoms. The van der Waals surface area contributed by atoms with Crippen molar-refractivity contribution in [3.63, 3.8) is 0 Å². The Kier molecular flexibility index (Phi) is 6.81. The third-order valence-electron chi connectivity index (χ3n) is 3.93. The Balaban J connectivity index is 1.62. The normalized spacial score (nSPS) is 10.6. The largest absolute Gasteiger partial charge is 0.497 e. The molecular weight excluding hydrogens is 420 g/mol. The predicted octanol–water partition coefficient (Wildman–Crippen LogP) is 4.80. The summed E-state index contributed by atoms with van der Waals surface area (Å²) in [6.45, 7) is 0.368. The monoisotopic (exact) mass is 438 g/mol. The number of amides is 1. The molecule has 0 aliphatic rings. The van der Waals surface area contributed by atoms with E-state index in [-0.39, 0.29) is 5.91 Å². The zero-order valence-electron chi connectivity index (χ0n) is 15.3. The Bertz CT molecular complexity index is 954. The first kappa shape index (κ1) is 19.6. The van der Waals surface area contributed by atoms with Crippen LogP contribution in [0.3, 0.4) is 0 Å². The van der Waals surface area contributed by atoms with Gasteiger partial charge < -0.3 is 9.47 Å². The van der Waals surface area contributed by atoms with E-state index < -0.39 is 0 Å². The molecule has 142 valence electrons. The summed E-state index contributed by atoms with van der Waals surface area (Å²) in [5.74, 6) is 0.928. The quantitative estimate of drug-likeness (QED) is 0.425. The number of nitrogens with zero attached hydrogens (tertiary/aromatic N) is 1. The molecule has 3 rings (SSSR count). The van der Waals surface area contributed by atoms with Gasteiger partial charge in [0.1, 0.15) is 18.1 Å². The molecule has 3 aromatic rings. The van der Waals surface area contributed by atoms with E-state index in [0.29, 0.717) is 17.9 Å². The van der Waals surface area contributed by atoms with Crippen molar-refractivity contribution in [3.05, 3.63) is 94.0 Å². The molecule has 0 saturated carbocycles. The van der Waals surface area contributed by atoms with Crippen LogP contribution in [0.4, 0.5) is 0 Å². The minimum absolute atomic E-state index is 0.337. The molecule has 0 spiro atoms. The minimum atomic E-state index is -0.337. The van der Waals surface area contributed by atoms with Crippen molar-refractivity contribution in [2.45, 2.75) is 6.61 Å². The van der Waals surface area contributed by atoms with Gasteiger partial charge in [-0.05, 0) is 59.7 Å². The Morgan fingerprint density at radius 3 is 2.46 bits per heavy atom. The van der Waals surface area contributed by atoms with Gasteiger partial charge in [0.2, 0.25) is 0 Å². The number of benzene rings is 3. The first-order valence-electron chi connectivity index (χ1n) is 8.59. The highest BCUT2D eigenvalue weighted by atomic mass is 79.9. The molecule has 0 saturated heterocycles. The Morgan fingerprint density at radius 1 is 1.04 bits per heavy atom. The van der Waals surface area contributed by atoms with Gasteiger partial charge in [-0.2, -0.15) is 5.10 Å². The van der Waals surface area contributed by atoms with Crippen LogP contribution >= 0.6 is 15.9 Å². The zero-order chi connectivity index (χ0) is 19.8. The van der Waals surface area contributed by atoms with Gasteiger partial charge in [-0.15, -0.1) is 0 Å². The molecule has 0 aliphatic carbocycles.